The Morgan fingerprint density at radius 1 is 1.21 bits per heavy atom. The molecule has 1 heterocycles. The van der Waals surface area contributed by atoms with Crippen molar-refractivity contribution < 1.29 is 4.39 Å². The molecule has 4 heteroatoms. The Hall–Kier alpha value is -1.39. The van der Waals surface area contributed by atoms with Crippen LogP contribution in [0.15, 0.2) is 53.7 Å². The predicted molar refractivity (Wildman–Crippen MR) is 77.5 cm³/mol. The number of halogens is 1. The van der Waals surface area contributed by atoms with E-state index < -0.39 is 0 Å². The predicted octanol–water partition coefficient (Wildman–Crippen LogP) is 3.79. The van der Waals surface area contributed by atoms with Crippen molar-refractivity contribution in [2.45, 2.75) is 29.7 Å². The fourth-order valence-corrected chi connectivity index (χ4v) is 3.07. The van der Waals surface area contributed by atoms with Crippen LogP contribution in [0.4, 0.5) is 4.39 Å². The van der Waals surface area contributed by atoms with Gasteiger partial charge in [-0.2, -0.15) is 0 Å². The summed E-state index contributed by atoms with van der Waals surface area (Å²) in [6.45, 7) is 2.01. The van der Waals surface area contributed by atoms with Crippen molar-refractivity contribution in [3.8, 4) is 0 Å². The molecule has 0 saturated carbocycles. The van der Waals surface area contributed by atoms with E-state index in [1.54, 1.807) is 18.3 Å². The van der Waals surface area contributed by atoms with Gasteiger partial charge in [0.15, 0.2) is 0 Å². The van der Waals surface area contributed by atoms with Crippen molar-refractivity contribution >= 4 is 11.8 Å². The van der Waals surface area contributed by atoms with Gasteiger partial charge in [0.1, 0.15) is 5.82 Å². The standard InChI is InChI=1S/C15H17FN2S/c1-2-13(17)15(11-7-3-4-8-12(11)16)19-14-9-5-6-10-18-14/h3-10,13,15H,2,17H2,1H3. The van der Waals surface area contributed by atoms with E-state index in [0.717, 1.165) is 11.4 Å². The topological polar surface area (TPSA) is 38.9 Å². The third-order valence-electron chi connectivity index (χ3n) is 2.96. The number of nitrogens with two attached hydrogens (primary N) is 1. The largest absolute Gasteiger partial charge is 0.326 e. The molecular weight excluding hydrogens is 259 g/mol. The van der Waals surface area contributed by atoms with Gasteiger partial charge in [-0.05, 0) is 24.6 Å². The molecule has 2 atom stereocenters. The van der Waals surface area contributed by atoms with E-state index in [9.17, 15) is 4.39 Å². The maximum Gasteiger partial charge on any atom is 0.127 e. The summed E-state index contributed by atoms with van der Waals surface area (Å²) in [5.74, 6) is -0.208. The van der Waals surface area contributed by atoms with Gasteiger partial charge < -0.3 is 5.73 Å². The first-order valence-corrected chi connectivity index (χ1v) is 7.18. The second kappa shape index (κ2) is 6.68. The first-order chi connectivity index (χ1) is 9.22. The first kappa shape index (κ1) is 14.0. The lowest BCUT2D eigenvalue weighted by Crippen LogP contribution is -2.26. The number of thioether (sulfide) groups is 1. The van der Waals surface area contributed by atoms with Crippen LogP contribution >= 0.6 is 11.8 Å². The zero-order valence-corrected chi connectivity index (χ0v) is 11.6. The first-order valence-electron chi connectivity index (χ1n) is 6.30. The molecule has 0 aliphatic heterocycles. The van der Waals surface area contributed by atoms with E-state index in [-0.39, 0.29) is 17.1 Å². The van der Waals surface area contributed by atoms with Gasteiger partial charge in [-0.3, -0.25) is 0 Å². The molecule has 1 aromatic heterocycles. The molecule has 2 N–H and O–H groups in total. The van der Waals surface area contributed by atoms with Crippen molar-refractivity contribution in [1.29, 1.82) is 0 Å². The molecule has 0 bridgehead atoms. The lowest BCUT2D eigenvalue weighted by atomic mass is 10.0. The molecule has 0 aliphatic rings. The minimum atomic E-state index is -0.208. The minimum absolute atomic E-state index is 0.107. The highest BCUT2D eigenvalue weighted by molar-refractivity contribution is 7.99. The van der Waals surface area contributed by atoms with E-state index in [0.29, 0.717) is 5.56 Å². The number of pyridine rings is 1. The van der Waals surface area contributed by atoms with Gasteiger partial charge in [0.05, 0.1) is 10.3 Å². The Morgan fingerprint density at radius 2 is 1.95 bits per heavy atom. The molecular formula is C15H17FN2S. The number of hydrogen-bond acceptors (Lipinski definition) is 3. The Kier molecular flexibility index (Phi) is 4.93. The molecule has 2 unspecified atom stereocenters. The Balaban J connectivity index is 2.29. The van der Waals surface area contributed by atoms with Crippen molar-refractivity contribution in [2.24, 2.45) is 5.73 Å². The van der Waals surface area contributed by atoms with Gasteiger partial charge in [-0.1, -0.05) is 43.0 Å². The number of nitrogens with zero attached hydrogens (tertiary/aromatic N) is 1. The third kappa shape index (κ3) is 3.55. The van der Waals surface area contributed by atoms with Gasteiger partial charge in [0, 0.05) is 17.8 Å². The Morgan fingerprint density at radius 3 is 2.58 bits per heavy atom. The molecule has 0 aliphatic carbocycles. The van der Waals surface area contributed by atoms with E-state index in [2.05, 4.69) is 4.98 Å². The molecule has 0 amide bonds. The summed E-state index contributed by atoms with van der Waals surface area (Å²) in [5, 5.41) is 0.737. The smallest absolute Gasteiger partial charge is 0.127 e. The quantitative estimate of drug-likeness (QED) is 0.844. The third-order valence-corrected chi connectivity index (χ3v) is 4.30. The van der Waals surface area contributed by atoms with E-state index in [1.165, 1.54) is 17.8 Å². The number of benzene rings is 1. The van der Waals surface area contributed by atoms with Crippen LogP contribution in [-0.2, 0) is 0 Å². The molecule has 19 heavy (non-hydrogen) atoms. The molecule has 0 spiro atoms. The highest BCUT2D eigenvalue weighted by atomic mass is 32.2. The fraction of sp³-hybridized carbons (Fsp3) is 0.267. The maximum atomic E-state index is 13.9. The van der Waals surface area contributed by atoms with Crippen molar-refractivity contribution in [3.05, 3.63) is 60.0 Å². The molecule has 0 saturated heterocycles. The van der Waals surface area contributed by atoms with Crippen LogP contribution in [0.25, 0.3) is 0 Å². The van der Waals surface area contributed by atoms with Crippen LogP contribution in [0.2, 0.25) is 0 Å². The van der Waals surface area contributed by atoms with Gasteiger partial charge in [-0.15, -0.1) is 0 Å². The summed E-state index contributed by atoms with van der Waals surface area (Å²) in [6, 6.07) is 12.4. The Labute approximate surface area is 117 Å². The number of rotatable bonds is 5. The SMILES string of the molecule is CCC(N)C(Sc1ccccn1)c1ccccc1F. The van der Waals surface area contributed by atoms with Crippen LogP contribution in [0, 0.1) is 5.82 Å². The molecule has 2 rings (SSSR count). The fourth-order valence-electron chi connectivity index (χ4n) is 1.85. The van der Waals surface area contributed by atoms with Crippen molar-refractivity contribution in [3.63, 3.8) is 0 Å². The molecule has 0 radical (unpaired) electrons. The van der Waals surface area contributed by atoms with E-state index in [1.807, 2.05) is 31.2 Å². The zero-order valence-electron chi connectivity index (χ0n) is 10.8. The number of hydrogen-bond donors (Lipinski definition) is 1. The maximum absolute atomic E-state index is 13.9. The lowest BCUT2D eigenvalue weighted by molar-refractivity contribution is 0.572. The van der Waals surface area contributed by atoms with Gasteiger partial charge in [-0.25, -0.2) is 9.37 Å². The van der Waals surface area contributed by atoms with Crippen LogP contribution in [0.1, 0.15) is 24.2 Å². The summed E-state index contributed by atoms with van der Waals surface area (Å²) >= 11 is 1.51. The zero-order chi connectivity index (χ0) is 13.7. The van der Waals surface area contributed by atoms with E-state index >= 15 is 0 Å². The van der Waals surface area contributed by atoms with Gasteiger partial charge in [0.25, 0.3) is 0 Å². The summed E-state index contributed by atoms with van der Waals surface area (Å²) in [5.41, 5.74) is 6.80. The van der Waals surface area contributed by atoms with Gasteiger partial charge >= 0.3 is 0 Å². The molecule has 2 aromatic rings. The average Bonchev–Trinajstić information content (AvgIpc) is 2.46. The lowest BCUT2D eigenvalue weighted by Gasteiger charge is -2.22. The number of aromatic nitrogens is 1. The minimum Gasteiger partial charge on any atom is -0.326 e. The van der Waals surface area contributed by atoms with Crippen LogP contribution in [0.5, 0.6) is 0 Å². The highest BCUT2D eigenvalue weighted by Gasteiger charge is 2.23. The highest BCUT2D eigenvalue weighted by Crippen LogP contribution is 2.38. The van der Waals surface area contributed by atoms with Crippen LogP contribution < -0.4 is 5.73 Å². The molecule has 100 valence electrons. The van der Waals surface area contributed by atoms with Crippen LogP contribution in [0.3, 0.4) is 0 Å². The summed E-state index contributed by atoms with van der Waals surface area (Å²) in [7, 11) is 0. The summed E-state index contributed by atoms with van der Waals surface area (Å²) in [4.78, 5) is 4.28. The normalized spacial score (nSPS) is 14.1. The van der Waals surface area contributed by atoms with Crippen molar-refractivity contribution in [1.82, 2.24) is 4.98 Å². The van der Waals surface area contributed by atoms with Gasteiger partial charge in [0.2, 0.25) is 0 Å². The summed E-state index contributed by atoms with van der Waals surface area (Å²) in [6.07, 6.45) is 2.52. The van der Waals surface area contributed by atoms with Crippen LogP contribution in [-0.4, -0.2) is 11.0 Å². The second-order valence-electron chi connectivity index (χ2n) is 4.30. The Bertz CT molecular complexity index is 519. The molecule has 1 aromatic carbocycles. The summed E-state index contributed by atoms with van der Waals surface area (Å²) < 4.78 is 13.9. The monoisotopic (exact) mass is 276 g/mol. The second-order valence-corrected chi connectivity index (χ2v) is 5.46. The van der Waals surface area contributed by atoms with Crippen molar-refractivity contribution in [2.75, 3.05) is 0 Å². The molecule has 0 fully saturated rings. The molecule has 2 nitrogen and oxygen atoms in total. The average molecular weight is 276 g/mol. The van der Waals surface area contributed by atoms with E-state index in [4.69, 9.17) is 5.73 Å².